The highest BCUT2D eigenvalue weighted by atomic mass is 35.5. The van der Waals surface area contributed by atoms with Gasteiger partial charge in [-0.2, -0.15) is 5.26 Å². The van der Waals surface area contributed by atoms with Crippen LogP contribution in [-0.2, 0) is 6.54 Å². The van der Waals surface area contributed by atoms with Gasteiger partial charge in [-0.15, -0.1) is 10.2 Å². The van der Waals surface area contributed by atoms with Crippen LogP contribution in [0.25, 0.3) is 0 Å². The number of hydrogen-bond acceptors (Lipinski definition) is 5. The van der Waals surface area contributed by atoms with E-state index in [2.05, 4.69) is 16.3 Å². The number of carbonyl (C=O) groups excluding carboxylic acids is 1. The molecule has 0 saturated carbocycles. The van der Waals surface area contributed by atoms with E-state index in [-0.39, 0.29) is 10.4 Å². The molecule has 1 aromatic heterocycles. The molecule has 0 spiro atoms. The number of nitrogens with zero attached hydrogens (tertiary/aromatic N) is 4. The Morgan fingerprint density at radius 1 is 1.38 bits per heavy atom. The summed E-state index contributed by atoms with van der Waals surface area (Å²) in [6.07, 6.45) is 0.842. The van der Waals surface area contributed by atoms with Crippen molar-refractivity contribution in [2.75, 3.05) is 6.54 Å². The summed E-state index contributed by atoms with van der Waals surface area (Å²) in [5.41, 5.74) is 1.56. The number of benzene rings is 1. The zero-order valence-corrected chi connectivity index (χ0v) is 13.0. The van der Waals surface area contributed by atoms with E-state index < -0.39 is 0 Å². The van der Waals surface area contributed by atoms with Gasteiger partial charge in [0.25, 0.3) is 5.91 Å². The van der Waals surface area contributed by atoms with Crippen molar-refractivity contribution in [2.45, 2.75) is 19.9 Å². The normalized spacial score (nSPS) is 10.1. The van der Waals surface area contributed by atoms with E-state index in [0.717, 1.165) is 23.3 Å². The maximum Gasteiger partial charge on any atom is 0.285 e. The average molecular weight is 321 g/mol. The van der Waals surface area contributed by atoms with Gasteiger partial charge in [-0.1, -0.05) is 30.4 Å². The minimum absolute atomic E-state index is 0.175. The highest BCUT2D eigenvalue weighted by Crippen LogP contribution is 2.18. The maximum atomic E-state index is 12.4. The van der Waals surface area contributed by atoms with Crippen molar-refractivity contribution >= 4 is 28.8 Å². The average Bonchev–Trinajstić information content (AvgIpc) is 2.93. The van der Waals surface area contributed by atoms with E-state index in [4.69, 9.17) is 16.9 Å². The Kier molecular flexibility index (Phi) is 5.26. The van der Waals surface area contributed by atoms with Crippen LogP contribution in [0, 0.1) is 11.3 Å². The van der Waals surface area contributed by atoms with Crippen LogP contribution in [0.5, 0.6) is 0 Å². The number of nitriles is 1. The van der Waals surface area contributed by atoms with Crippen molar-refractivity contribution in [1.82, 2.24) is 15.1 Å². The minimum atomic E-state index is -0.175. The lowest BCUT2D eigenvalue weighted by Crippen LogP contribution is -2.31. The number of hydrogen-bond donors (Lipinski definition) is 0. The molecule has 0 aliphatic rings. The van der Waals surface area contributed by atoms with Crippen LogP contribution in [0.3, 0.4) is 0 Å². The van der Waals surface area contributed by atoms with Crippen molar-refractivity contribution in [3.05, 3.63) is 44.9 Å². The van der Waals surface area contributed by atoms with Gasteiger partial charge < -0.3 is 4.90 Å². The van der Waals surface area contributed by atoms with Crippen LogP contribution in [0.2, 0.25) is 4.47 Å². The van der Waals surface area contributed by atoms with Gasteiger partial charge in [0, 0.05) is 13.1 Å². The summed E-state index contributed by atoms with van der Waals surface area (Å²) in [4.78, 5) is 14.1. The van der Waals surface area contributed by atoms with Gasteiger partial charge >= 0.3 is 0 Å². The number of halogens is 1. The second kappa shape index (κ2) is 7.16. The number of carbonyl (C=O) groups is 1. The fourth-order valence-electron chi connectivity index (χ4n) is 1.85. The first-order chi connectivity index (χ1) is 10.1. The molecule has 5 nitrogen and oxygen atoms in total. The molecule has 108 valence electrons. The SMILES string of the molecule is CCCN(Cc1ccc(C#N)cc1)C(=O)c1nnc(Cl)s1. The van der Waals surface area contributed by atoms with Crippen molar-refractivity contribution in [2.24, 2.45) is 0 Å². The third-order valence-corrected chi connectivity index (χ3v) is 3.83. The predicted octanol–water partition coefficient (Wildman–Crippen LogP) is 3.12. The topological polar surface area (TPSA) is 69.9 Å². The molecule has 0 saturated heterocycles. The van der Waals surface area contributed by atoms with Crippen molar-refractivity contribution in [3.8, 4) is 6.07 Å². The van der Waals surface area contributed by atoms with Gasteiger partial charge in [-0.05, 0) is 35.7 Å². The van der Waals surface area contributed by atoms with E-state index in [9.17, 15) is 4.79 Å². The van der Waals surface area contributed by atoms with Crippen LogP contribution < -0.4 is 0 Å². The first kappa shape index (κ1) is 15.4. The summed E-state index contributed by atoms with van der Waals surface area (Å²) in [5, 5.41) is 16.5. The third kappa shape index (κ3) is 4.00. The highest BCUT2D eigenvalue weighted by Gasteiger charge is 2.19. The van der Waals surface area contributed by atoms with E-state index in [1.807, 2.05) is 19.1 Å². The van der Waals surface area contributed by atoms with E-state index >= 15 is 0 Å². The molecule has 0 fully saturated rings. The van der Waals surface area contributed by atoms with Gasteiger partial charge in [0.2, 0.25) is 9.47 Å². The lowest BCUT2D eigenvalue weighted by molar-refractivity contribution is 0.0742. The monoisotopic (exact) mass is 320 g/mol. The Morgan fingerprint density at radius 3 is 2.62 bits per heavy atom. The van der Waals surface area contributed by atoms with Gasteiger partial charge in [0.1, 0.15) is 0 Å². The Morgan fingerprint density at radius 2 is 2.10 bits per heavy atom. The Labute approximate surface area is 131 Å². The first-order valence-corrected chi connectivity index (χ1v) is 7.60. The summed E-state index contributed by atoms with van der Waals surface area (Å²) >= 11 is 6.80. The fraction of sp³-hybridized carbons (Fsp3) is 0.286. The molecule has 1 heterocycles. The quantitative estimate of drug-likeness (QED) is 0.848. The second-order valence-electron chi connectivity index (χ2n) is 4.40. The van der Waals surface area contributed by atoms with E-state index in [1.165, 1.54) is 0 Å². The van der Waals surface area contributed by atoms with Crippen LogP contribution >= 0.6 is 22.9 Å². The molecule has 0 atom stereocenters. The molecule has 2 rings (SSSR count). The summed E-state index contributed by atoms with van der Waals surface area (Å²) in [6.45, 7) is 3.09. The summed E-state index contributed by atoms with van der Waals surface area (Å²) in [7, 11) is 0. The molecule has 0 aliphatic carbocycles. The molecule has 0 N–H and O–H groups in total. The molecule has 0 radical (unpaired) electrons. The first-order valence-electron chi connectivity index (χ1n) is 6.41. The zero-order chi connectivity index (χ0) is 15.2. The number of aromatic nitrogens is 2. The van der Waals surface area contributed by atoms with Gasteiger partial charge in [0.15, 0.2) is 0 Å². The smallest absolute Gasteiger partial charge is 0.285 e. The molecule has 1 amide bonds. The molecule has 0 aliphatic heterocycles. The molecule has 21 heavy (non-hydrogen) atoms. The number of rotatable bonds is 5. The zero-order valence-electron chi connectivity index (χ0n) is 11.4. The van der Waals surface area contributed by atoms with Crippen LogP contribution in [0.15, 0.2) is 24.3 Å². The summed E-state index contributed by atoms with van der Waals surface area (Å²) < 4.78 is 0.258. The van der Waals surface area contributed by atoms with Crippen LogP contribution in [-0.4, -0.2) is 27.5 Å². The van der Waals surface area contributed by atoms with Crippen molar-refractivity contribution < 1.29 is 4.79 Å². The Hall–Kier alpha value is -1.97. The maximum absolute atomic E-state index is 12.4. The predicted molar refractivity (Wildman–Crippen MR) is 81.1 cm³/mol. The third-order valence-electron chi connectivity index (χ3n) is 2.82. The molecule has 0 unspecified atom stereocenters. The lowest BCUT2D eigenvalue weighted by Gasteiger charge is -2.20. The van der Waals surface area contributed by atoms with Crippen LogP contribution in [0.1, 0.15) is 34.3 Å². The number of amides is 1. The van der Waals surface area contributed by atoms with Crippen LogP contribution in [0.4, 0.5) is 0 Å². The largest absolute Gasteiger partial charge is 0.332 e. The van der Waals surface area contributed by atoms with Gasteiger partial charge in [-0.25, -0.2) is 0 Å². The molecule has 0 bridgehead atoms. The molecule has 7 heteroatoms. The van der Waals surface area contributed by atoms with Gasteiger partial charge in [-0.3, -0.25) is 4.79 Å². The molecular weight excluding hydrogens is 308 g/mol. The van der Waals surface area contributed by atoms with E-state index in [1.54, 1.807) is 17.0 Å². The molecular formula is C14H13ClN4OS. The highest BCUT2D eigenvalue weighted by molar-refractivity contribution is 7.17. The summed E-state index contributed by atoms with van der Waals surface area (Å²) in [5.74, 6) is -0.175. The molecule has 1 aromatic carbocycles. The Balaban J connectivity index is 2.14. The standard InChI is InChI=1S/C14H13ClN4OS/c1-2-7-19(13(20)12-17-18-14(15)21-12)9-11-5-3-10(8-16)4-6-11/h3-6H,2,7,9H2,1H3. The summed E-state index contributed by atoms with van der Waals surface area (Å²) in [6, 6.07) is 9.25. The van der Waals surface area contributed by atoms with Crippen molar-refractivity contribution in [3.63, 3.8) is 0 Å². The van der Waals surface area contributed by atoms with Crippen molar-refractivity contribution in [1.29, 1.82) is 5.26 Å². The fourth-order valence-corrected chi connectivity index (χ4v) is 2.65. The lowest BCUT2D eigenvalue weighted by atomic mass is 10.1. The molecule has 2 aromatic rings. The van der Waals surface area contributed by atoms with E-state index in [0.29, 0.717) is 23.7 Å². The minimum Gasteiger partial charge on any atom is -0.332 e. The van der Waals surface area contributed by atoms with Gasteiger partial charge in [0.05, 0.1) is 11.6 Å². The Bertz CT molecular complexity index is 662. The second-order valence-corrected chi connectivity index (χ2v) is 5.96.